The zero-order valence-electron chi connectivity index (χ0n) is 15.5. The molecule has 0 aromatic rings. The molecule has 0 aromatic heterocycles. The predicted molar refractivity (Wildman–Crippen MR) is 100 cm³/mol. The Balaban J connectivity index is 1.36. The molecule has 0 amide bonds. The second kappa shape index (κ2) is 7.61. The predicted octanol–water partition coefficient (Wildman–Crippen LogP) is 2.31. The van der Waals surface area contributed by atoms with Crippen molar-refractivity contribution < 1.29 is 0 Å². The van der Waals surface area contributed by atoms with Crippen molar-refractivity contribution in [3.63, 3.8) is 0 Å². The van der Waals surface area contributed by atoms with Crippen LogP contribution in [-0.4, -0.2) is 56.9 Å². The minimum atomic E-state index is 0.528. The minimum Gasteiger partial charge on any atom is -0.317 e. The topological polar surface area (TPSA) is 39.3 Å². The lowest BCUT2D eigenvalue weighted by Gasteiger charge is -2.42. The highest BCUT2D eigenvalue weighted by atomic mass is 15.3. The van der Waals surface area contributed by atoms with Crippen LogP contribution in [0, 0.1) is 10.8 Å². The van der Waals surface area contributed by atoms with Crippen molar-refractivity contribution in [1.82, 2.24) is 20.9 Å². The van der Waals surface area contributed by atoms with Crippen LogP contribution in [0.2, 0.25) is 0 Å². The molecule has 0 aliphatic carbocycles. The van der Waals surface area contributed by atoms with Crippen LogP contribution < -0.4 is 16.0 Å². The van der Waals surface area contributed by atoms with Crippen molar-refractivity contribution in [2.24, 2.45) is 10.8 Å². The van der Waals surface area contributed by atoms with E-state index in [0.29, 0.717) is 17.0 Å². The van der Waals surface area contributed by atoms with E-state index in [2.05, 4.69) is 20.9 Å². The molecule has 0 saturated carbocycles. The first kappa shape index (κ1) is 17.3. The average molecular weight is 335 g/mol. The Morgan fingerprint density at radius 2 is 1.33 bits per heavy atom. The van der Waals surface area contributed by atoms with E-state index in [1.165, 1.54) is 110 Å². The highest BCUT2D eigenvalue weighted by Gasteiger charge is 2.47. The molecular formula is C20H38N4. The third-order valence-electron chi connectivity index (χ3n) is 7.65. The lowest BCUT2D eigenvalue weighted by Crippen LogP contribution is -2.52. The number of nitrogens with one attached hydrogen (secondary N) is 3. The fourth-order valence-electron chi connectivity index (χ4n) is 6.12. The van der Waals surface area contributed by atoms with Crippen molar-refractivity contribution >= 4 is 0 Å². The molecule has 3 N–H and O–H groups in total. The van der Waals surface area contributed by atoms with Gasteiger partial charge in [-0.25, -0.2) is 0 Å². The quantitative estimate of drug-likeness (QED) is 0.688. The molecule has 4 fully saturated rings. The number of piperidine rings is 1. The monoisotopic (exact) mass is 334 g/mol. The van der Waals surface area contributed by atoms with Crippen molar-refractivity contribution in [2.45, 2.75) is 70.4 Å². The number of hydrogen-bond acceptors (Lipinski definition) is 4. The van der Waals surface area contributed by atoms with Gasteiger partial charge < -0.3 is 16.0 Å². The number of hydrogen-bond donors (Lipinski definition) is 3. The molecule has 24 heavy (non-hydrogen) atoms. The third-order valence-corrected chi connectivity index (χ3v) is 7.65. The van der Waals surface area contributed by atoms with Gasteiger partial charge in [0, 0.05) is 12.0 Å². The lowest BCUT2D eigenvalue weighted by molar-refractivity contribution is 0.0719. The molecule has 4 aliphatic rings. The largest absolute Gasteiger partial charge is 0.317 e. The maximum Gasteiger partial charge on any atom is 0.0668 e. The second-order valence-electron chi connectivity index (χ2n) is 9.10. The summed E-state index contributed by atoms with van der Waals surface area (Å²) in [5.74, 6) is 0. The van der Waals surface area contributed by atoms with E-state index >= 15 is 0 Å². The Labute approximate surface area is 148 Å². The van der Waals surface area contributed by atoms with Crippen LogP contribution in [0.1, 0.15) is 64.2 Å². The molecule has 4 aliphatic heterocycles. The summed E-state index contributed by atoms with van der Waals surface area (Å²) in [4.78, 5) is 2.83. The molecule has 4 heteroatoms. The van der Waals surface area contributed by atoms with Crippen molar-refractivity contribution in [3.8, 4) is 0 Å². The Morgan fingerprint density at radius 3 is 2.00 bits per heavy atom. The molecule has 4 nitrogen and oxygen atoms in total. The molecule has 2 spiro atoms. The molecular weight excluding hydrogens is 296 g/mol. The van der Waals surface area contributed by atoms with Gasteiger partial charge in [-0.1, -0.05) is 12.8 Å². The summed E-state index contributed by atoms with van der Waals surface area (Å²) < 4.78 is 0. The Morgan fingerprint density at radius 1 is 0.667 bits per heavy atom. The molecule has 2 atom stereocenters. The summed E-state index contributed by atoms with van der Waals surface area (Å²) in [6.45, 7) is 8.82. The van der Waals surface area contributed by atoms with Crippen LogP contribution in [0.4, 0.5) is 0 Å². The normalized spacial score (nSPS) is 38.8. The summed E-state index contributed by atoms with van der Waals surface area (Å²) >= 11 is 0. The van der Waals surface area contributed by atoms with Crippen LogP contribution in [0.15, 0.2) is 0 Å². The maximum absolute atomic E-state index is 3.88. The summed E-state index contributed by atoms with van der Waals surface area (Å²) in [6, 6.07) is 0. The number of nitrogens with zero attached hydrogens (tertiary/aromatic N) is 1. The van der Waals surface area contributed by atoms with Crippen LogP contribution in [0.25, 0.3) is 0 Å². The van der Waals surface area contributed by atoms with Crippen LogP contribution in [0.3, 0.4) is 0 Å². The Hall–Kier alpha value is -0.160. The van der Waals surface area contributed by atoms with Gasteiger partial charge >= 0.3 is 0 Å². The van der Waals surface area contributed by atoms with E-state index in [1.54, 1.807) is 0 Å². The smallest absolute Gasteiger partial charge is 0.0668 e. The highest BCUT2D eigenvalue weighted by Crippen LogP contribution is 2.42. The SMILES string of the molecule is C1CCC2(CCCCN(C3NCCC34CCNC4)C1)CCNCC2. The van der Waals surface area contributed by atoms with E-state index in [9.17, 15) is 0 Å². The molecule has 138 valence electrons. The van der Waals surface area contributed by atoms with Gasteiger partial charge in [-0.2, -0.15) is 0 Å². The second-order valence-corrected chi connectivity index (χ2v) is 9.10. The zero-order chi connectivity index (χ0) is 16.3. The van der Waals surface area contributed by atoms with Crippen LogP contribution in [0.5, 0.6) is 0 Å². The van der Waals surface area contributed by atoms with Crippen molar-refractivity contribution in [1.29, 1.82) is 0 Å². The fraction of sp³-hybridized carbons (Fsp3) is 1.00. The average Bonchev–Trinajstić information content (AvgIpc) is 3.25. The summed E-state index contributed by atoms with van der Waals surface area (Å²) in [5.41, 5.74) is 1.22. The van der Waals surface area contributed by atoms with E-state index in [1.807, 2.05) is 0 Å². The lowest BCUT2D eigenvalue weighted by atomic mass is 9.71. The van der Waals surface area contributed by atoms with E-state index in [4.69, 9.17) is 0 Å². The fourth-order valence-corrected chi connectivity index (χ4v) is 6.12. The van der Waals surface area contributed by atoms with Gasteiger partial charge in [0.1, 0.15) is 0 Å². The van der Waals surface area contributed by atoms with Gasteiger partial charge in [0.2, 0.25) is 0 Å². The van der Waals surface area contributed by atoms with Crippen LogP contribution >= 0.6 is 0 Å². The summed E-state index contributed by atoms with van der Waals surface area (Å²) in [6.07, 6.45) is 14.9. The first-order chi connectivity index (χ1) is 11.8. The van der Waals surface area contributed by atoms with Crippen molar-refractivity contribution in [3.05, 3.63) is 0 Å². The molecule has 0 bridgehead atoms. The molecule has 2 unspecified atom stereocenters. The van der Waals surface area contributed by atoms with Crippen LogP contribution in [-0.2, 0) is 0 Å². The van der Waals surface area contributed by atoms with Crippen molar-refractivity contribution in [2.75, 3.05) is 45.8 Å². The van der Waals surface area contributed by atoms with E-state index in [0.717, 1.165) is 0 Å². The Kier molecular flexibility index (Phi) is 5.47. The minimum absolute atomic E-state index is 0.528. The molecule has 4 rings (SSSR count). The molecule has 4 saturated heterocycles. The maximum atomic E-state index is 3.88. The third kappa shape index (κ3) is 3.53. The number of rotatable bonds is 1. The molecule has 0 radical (unpaired) electrons. The first-order valence-corrected chi connectivity index (χ1v) is 10.7. The molecule has 0 aromatic carbocycles. The highest BCUT2D eigenvalue weighted by molar-refractivity contribution is 5.01. The van der Waals surface area contributed by atoms with E-state index in [-0.39, 0.29) is 0 Å². The summed E-state index contributed by atoms with van der Waals surface area (Å²) in [7, 11) is 0. The van der Waals surface area contributed by atoms with Gasteiger partial charge in [0.25, 0.3) is 0 Å². The Bertz CT molecular complexity index is 379. The summed E-state index contributed by atoms with van der Waals surface area (Å²) in [5, 5.41) is 11.1. The molecule has 4 heterocycles. The first-order valence-electron chi connectivity index (χ1n) is 10.7. The van der Waals surface area contributed by atoms with E-state index < -0.39 is 0 Å². The van der Waals surface area contributed by atoms with Gasteiger partial charge in [0.05, 0.1) is 6.17 Å². The van der Waals surface area contributed by atoms with Gasteiger partial charge in [-0.05, 0) is 96.1 Å². The zero-order valence-corrected chi connectivity index (χ0v) is 15.5. The van der Waals surface area contributed by atoms with Gasteiger partial charge in [-0.15, -0.1) is 0 Å². The van der Waals surface area contributed by atoms with Gasteiger partial charge in [0.15, 0.2) is 0 Å². The van der Waals surface area contributed by atoms with Gasteiger partial charge in [-0.3, -0.25) is 4.90 Å². The standard InChI is InChI=1S/C20H38N4/c1-3-15-24(18-20(10-14-23-18)9-13-22-17-20)16-4-2-6-19(5-1)7-11-21-12-8-19/h18,21-23H,1-17H2.